The second kappa shape index (κ2) is 19.5. The van der Waals surface area contributed by atoms with E-state index in [0.717, 1.165) is 82.4 Å². The Kier molecular flexibility index (Phi) is 16.8. The molecule has 2 aliphatic rings. The first-order valence-corrected chi connectivity index (χ1v) is 19.1. The molecule has 0 fully saturated rings. The van der Waals surface area contributed by atoms with E-state index in [-0.39, 0.29) is 118 Å². The molecule has 0 aliphatic carbocycles. The van der Waals surface area contributed by atoms with Crippen LogP contribution < -0.4 is 128 Å². The fraction of sp³-hybridized carbons (Fsp3) is 0.0476. The molecule has 55 heavy (non-hydrogen) atoms. The zero-order valence-corrected chi connectivity index (χ0v) is 35.6. The number of ether oxygens (including phenoxy) is 1. The summed E-state index contributed by atoms with van der Waals surface area (Å²) in [6.07, 6.45) is 0. The molecule has 8 aromatic rings. The molecule has 0 radical (unpaired) electrons. The minimum atomic E-state index is -3.69. The Labute approximate surface area is 392 Å². The number of benzene rings is 8. The zero-order chi connectivity index (χ0) is 31.8. The molecule has 0 aromatic heterocycles. The van der Waals surface area contributed by atoms with Crippen molar-refractivity contribution >= 4 is 60.4 Å². The van der Waals surface area contributed by atoms with Crippen LogP contribution in [0.1, 0.15) is 11.1 Å². The molecule has 5 nitrogen and oxygen atoms in total. The van der Waals surface area contributed by atoms with Gasteiger partial charge < -0.3 is 37.2 Å². The van der Waals surface area contributed by atoms with E-state index in [1.165, 1.54) is 0 Å². The number of hydrogen-bond acceptors (Lipinski definition) is 5. The average molecular weight is 815 g/mol. The van der Waals surface area contributed by atoms with Crippen LogP contribution in [0.5, 0.6) is 23.0 Å². The normalized spacial score (nSPS) is 12.0. The molecular formula is C42H26Cl3GaLi4O5. The molecule has 2 bridgehead atoms. The molecule has 252 valence electrons. The van der Waals surface area contributed by atoms with Gasteiger partial charge in [-0.05, 0) is 0 Å². The SMILES string of the molecule is [Cl-].[Cl-].[Cl-].[Li+].[Li+].[Li+].[Li+].[O-]c1ccc2ccccc2c1-c1c2c(cc3ccccc13)COCc1cc3ccccc3c3c1[O][Ga]([O]c1ccc4ccccc4c1-3)[O]2. The second-order valence-electron chi connectivity index (χ2n) is 12.4. The molecular weight excluding hydrogens is 788 g/mol. The van der Waals surface area contributed by atoms with Crippen LogP contribution in [0.4, 0.5) is 0 Å². The maximum absolute atomic E-state index is 13.9. The molecule has 0 saturated carbocycles. The van der Waals surface area contributed by atoms with E-state index in [2.05, 4.69) is 78.9 Å². The third-order valence-corrected chi connectivity index (χ3v) is 12.3. The predicted molar refractivity (Wildman–Crippen MR) is 189 cm³/mol. The first kappa shape index (κ1) is 47.2. The van der Waals surface area contributed by atoms with E-state index in [0.29, 0.717) is 24.5 Å². The van der Waals surface area contributed by atoms with Crippen molar-refractivity contribution in [2.75, 3.05) is 0 Å². The van der Waals surface area contributed by atoms with Gasteiger partial charge in [0.25, 0.3) is 0 Å². The van der Waals surface area contributed by atoms with E-state index in [1.807, 2.05) is 48.5 Å². The molecule has 2 heterocycles. The summed E-state index contributed by atoms with van der Waals surface area (Å²) < 4.78 is 27.6. The molecule has 13 heteroatoms. The third kappa shape index (κ3) is 8.14. The van der Waals surface area contributed by atoms with Crippen LogP contribution in [0.25, 0.3) is 65.3 Å². The van der Waals surface area contributed by atoms with Crippen LogP contribution in [0.15, 0.2) is 133 Å². The summed E-state index contributed by atoms with van der Waals surface area (Å²) >= 11 is -3.69. The third-order valence-electron chi connectivity index (χ3n) is 9.61. The average Bonchev–Trinajstić information content (AvgIpc) is 3.29. The van der Waals surface area contributed by atoms with Crippen molar-refractivity contribution in [3.8, 4) is 45.3 Å². The van der Waals surface area contributed by atoms with Crippen molar-refractivity contribution in [1.29, 1.82) is 0 Å². The molecule has 8 aromatic carbocycles. The van der Waals surface area contributed by atoms with Crippen LogP contribution >= 0.6 is 0 Å². The van der Waals surface area contributed by atoms with Gasteiger partial charge in [0, 0.05) is 0 Å². The van der Waals surface area contributed by atoms with Gasteiger partial charge in [0.15, 0.2) is 0 Å². The first-order chi connectivity index (χ1) is 23.7. The van der Waals surface area contributed by atoms with Crippen LogP contribution in [0, 0.1) is 0 Å². The summed E-state index contributed by atoms with van der Waals surface area (Å²) in [5.41, 5.74) is 5.13. The van der Waals surface area contributed by atoms with Crippen LogP contribution in [0.2, 0.25) is 0 Å². The van der Waals surface area contributed by atoms with Gasteiger partial charge in [0.1, 0.15) is 0 Å². The van der Waals surface area contributed by atoms with E-state index in [1.54, 1.807) is 6.07 Å². The number of fused-ring (bicyclic) bond motifs is 10. The van der Waals surface area contributed by atoms with Crippen molar-refractivity contribution in [2.45, 2.75) is 13.2 Å². The van der Waals surface area contributed by atoms with Gasteiger partial charge in [-0.2, -0.15) is 0 Å². The van der Waals surface area contributed by atoms with Crippen molar-refractivity contribution in [3.63, 3.8) is 0 Å². The van der Waals surface area contributed by atoms with Gasteiger partial charge in [0.2, 0.25) is 0 Å². The Morgan fingerprint density at radius 1 is 0.418 bits per heavy atom. The van der Waals surface area contributed by atoms with E-state index in [9.17, 15) is 5.11 Å². The summed E-state index contributed by atoms with van der Waals surface area (Å²) in [7, 11) is 0. The Bertz CT molecular complexity index is 2650. The van der Waals surface area contributed by atoms with Gasteiger partial charge in [-0.15, -0.1) is 0 Å². The Morgan fingerprint density at radius 2 is 0.818 bits per heavy atom. The van der Waals surface area contributed by atoms with Crippen molar-refractivity contribution < 1.29 is 133 Å². The van der Waals surface area contributed by atoms with E-state index in [4.69, 9.17) is 15.3 Å². The Hall–Kier alpha value is -2.14. The summed E-state index contributed by atoms with van der Waals surface area (Å²) in [6, 6.07) is 44.9. The molecule has 0 atom stereocenters. The number of halogens is 3. The van der Waals surface area contributed by atoms with E-state index >= 15 is 0 Å². The summed E-state index contributed by atoms with van der Waals surface area (Å²) in [4.78, 5) is 0. The number of rotatable bonds is 1. The van der Waals surface area contributed by atoms with Gasteiger partial charge in [-0.1, -0.05) is 0 Å². The zero-order valence-electron chi connectivity index (χ0n) is 30.9. The van der Waals surface area contributed by atoms with Crippen molar-refractivity contribution in [1.82, 2.24) is 0 Å². The maximum atomic E-state index is 13.9. The van der Waals surface area contributed by atoms with Gasteiger partial charge >= 0.3 is 359 Å². The Morgan fingerprint density at radius 3 is 1.33 bits per heavy atom. The van der Waals surface area contributed by atoms with Crippen LogP contribution in [-0.4, -0.2) is 17.3 Å². The molecule has 0 amide bonds. The molecule has 0 unspecified atom stereocenters. The minimum absolute atomic E-state index is 0. The molecule has 0 saturated heterocycles. The quantitative estimate of drug-likeness (QED) is 0.155. The second-order valence-corrected chi connectivity index (χ2v) is 15.1. The Balaban J connectivity index is 0.00000116. The van der Waals surface area contributed by atoms with Crippen molar-refractivity contribution in [3.05, 3.63) is 145 Å². The fourth-order valence-electron chi connectivity index (χ4n) is 7.51. The van der Waals surface area contributed by atoms with Gasteiger partial charge in [-0.25, -0.2) is 0 Å². The standard InChI is InChI=1S/C42H30O5.3ClH.Ga.4Li/c43-35-19-17-25-9-1-5-13-31(25)37(35)39-33-15-7-3-11-27(33)21-29(41(39)45)23-47-24-30-22-28-12-4-8-16-34(28)40(42(30)46)38-32-14-6-2-10-26(32)18-20-36(38)44;;;;;;;;/h1-22,43-46H,23-24H2;3*1H;;;;;/q;;;;+3;4*+1/p-7. The van der Waals surface area contributed by atoms with Crippen LogP contribution in [-0.2, 0) is 18.0 Å². The summed E-state index contributed by atoms with van der Waals surface area (Å²) in [6.45, 7) is 0.628. The van der Waals surface area contributed by atoms with Crippen molar-refractivity contribution in [2.24, 2.45) is 0 Å². The van der Waals surface area contributed by atoms with Gasteiger partial charge in [-0.3, -0.25) is 0 Å². The summed E-state index contributed by atoms with van der Waals surface area (Å²) in [5, 5.41) is 22.1. The summed E-state index contributed by atoms with van der Waals surface area (Å²) in [5.74, 6) is 2.00. The monoisotopic (exact) mass is 812 g/mol. The molecule has 0 spiro atoms. The topological polar surface area (TPSA) is 60.0 Å². The number of hydrogen-bond donors (Lipinski definition) is 0. The predicted octanol–water partition coefficient (Wildman–Crippen LogP) is -11.4. The van der Waals surface area contributed by atoms with E-state index < -0.39 is 17.3 Å². The molecule has 0 N–H and O–H groups in total. The van der Waals surface area contributed by atoms with Crippen LogP contribution in [0.3, 0.4) is 0 Å². The molecule has 10 rings (SSSR count). The van der Waals surface area contributed by atoms with Gasteiger partial charge in [0.05, 0.1) is 0 Å². The fourth-order valence-corrected chi connectivity index (χ4v) is 10.6. The molecule has 2 aliphatic heterocycles. The first-order valence-electron chi connectivity index (χ1n) is 16.1.